The van der Waals surface area contributed by atoms with Gasteiger partial charge in [-0.05, 0) is 52.8 Å². The Hall–Kier alpha value is -0.420. The van der Waals surface area contributed by atoms with Gasteiger partial charge in [-0.25, -0.2) is 0 Å². The predicted octanol–water partition coefficient (Wildman–Crippen LogP) is 0.941. The molecule has 3 aliphatic rings. The van der Waals surface area contributed by atoms with Crippen LogP contribution in [0.1, 0.15) is 47.0 Å². The number of amides is 1. The number of likely N-dealkylation sites (tertiary alicyclic amines) is 1. The van der Waals surface area contributed by atoms with Crippen LogP contribution in [0.25, 0.3) is 0 Å². The van der Waals surface area contributed by atoms with Crippen molar-refractivity contribution in [3.05, 3.63) is 0 Å². The van der Waals surface area contributed by atoms with E-state index in [2.05, 4.69) is 17.1 Å². The van der Waals surface area contributed by atoms with Gasteiger partial charge in [0.1, 0.15) is 29.9 Å². The Kier molecular flexibility index (Phi) is 7.75. The summed E-state index contributed by atoms with van der Waals surface area (Å²) >= 11 is 1.38. The van der Waals surface area contributed by atoms with Gasteiger partial charge in [0.15, 0.2) is 5.79 Å². The first-order valence-electron chi connectivity index (χ1n) is 11.0. The Morgan fingerprint density at radius 2 is 2.00 bits per heavy atom. The smallest absolute Gasteiger partial charge is 0.237 e. The molecule has 0 unspecified atom stereocenters. The van der Waals surface area contributed by atoms with E-state index >= 15 is 0 Å². The normalized spacial score (nSPS) is 40.7. The van der Waals surface area contributed by atoms with Crippen LogP contribution in [0.4, 0.5) is 0 Å². The topological polar surface area (TPSA) is 100 Å². The minimum absolute atomic E-state index is 0.104. The van der Waals surface area contributed by atoms with Crippen molar-refractivity contribution >= 4 is 17.7 Å². The molecule has 174 valence electrons. The summed E-state index contributed by atoms with van der Waals surface area (Å²) in [6.45, 7) is 8.29. The molecule has 3 saturated heterocycles. The molecule has 3 rings (SSSR count). The number of aliphatic hydroxyl groups excluding tert-OH is 2. The quantitative estimate of drug-likeness (QED) is 0.531. The molecule has 30 heavy (non-hydrogen) atoms. The molecule has 0 aromatic heterocycles. The number of rotatable bonds is 7. The van der Waals surface area contributed by atoms with Gasteiger partial charge in [-0.15, -0.1) is 11.8 Å². The third-order valence-electron chi connectivity index (χ3n) is 6.44. The van der Waals surface area contributed by atoms with E-state index in [4.69, 9.17) is 14.2 Å². The molecule has 0 spiro atoms. The number of thioether (sulfide) groups is 1. The lowest BCUT2D eigenvalue weighted by Crippen LogP contribution is -2.65. The summed E-state index contributed by atoms with van der Waals surface area (Å²) in [4.78, 5) is 15.2. The van der Waals surface area contributed by atoms with Gasteiger partial charge >= 0.3 is 0 Å². The van der Waals surface area contributed by atoms with Crippen molar-refractivity contribution in [3.8, 4) is 0 Å². The highest BCUT2D eigenvalue weighted by Crippen LogP contribution is 2.41. The summed E-state index contributed by atoms with van der Waals surface area (Å²) in [5, 5.41) is 24.3. The van der Waals surface area contributed by atoms with Crippen LogP contribution in [0.3, 0.4) is 0 Å². The molecule has 1 amide bonds. The Morgan fingerprint density at radius 1 is 1.33 bits per heavy atom. The minimum Gasteiger partial charge on any atom is -0.391 e. The van der Waals surface area contributed by atoms with Crippen LogP contribution < -0.4 is 5.32 Å². The molecular weight excluding hydrogens is 408 g/mol. The van der Waals surface area contributed by atoms with Crippen LogP contribution >= 0.6 is 11.8 Å². The molecule has 9 heteroatoms. The van der Waals surface area contributed by atoms with Gasteiger partial charge in [-0.1, -0.05) is 13.3 Å². The van der Waals surface area contributed by atoms with E-state index in [0.29, 0.717) is 5.92 Å². The van der Waals surface area contributed by atoms with Gasteiger partial charge in [0.05, 0.1) is 18.2 Å². The summed E-state index contributed by atoms with van der Waals surface area (Å²) < 4.78 is 18.1. The van der Waals surface area contributed by atoms with E-state index in [1.54, 1.807) is 20.8 Å². The summed E-state index contributed by atoms with van der Waals surface area (Å²) in [5.41, 5.74) is -0.532. The number of likely N-dealkylation sites (N-methyl/N-ethyl adjacent to an activating group) is 1. The largest absolute Gasteiger partial charge is 0.391 e. The summed E-state index contributed by atoms with van der Waals surface area (Å²) in [6, 6.07) is -0.899. The first-order valence-corrected chi connectivity index (χ1v) is 12.3. The van der Waals surface area contributed by atoms with Crippen molar-refractivity contribution in [2.45, 2.75) is 101 Å². The summed E-state index contributed by atoms with van der Waals surface area (Å²) in [5.74, 6) is -0.469. The van der Waals surface area contributed by atoms with E-state index in [9.17, 15) is 15.0 Å². The summed E-state index contributed by atoms with van der Waals surface area (Å²) in [6.07, 6.45) is 1.35. The Balaban J connectivity index is 1.77. The van der Waals surface area contributed by atoms with Crippen molar-refractivity contribution in [1.29, 1.82) is 0 Å². The van der Waals surface area contributed by atoms with Crippen LogP contribution in [0.2, 0.25) is 0 Å². The average molecular weight is 447 g/mol. The second-order valence-corrected chi connectivity index (χ2v) is 10.3. The molecule has 9 atom stereocenters. The predicted molar refractivity (Wildman–Crippen MR) is 115 cm³/mol. The molecule has 0 bridgehead atoms. The van der Waals surface area contributed by atoms with Crippen molar-refractivity contribution < 1.29 is 29.2 Å². The van der Waals surface area contributed by atoms with Gasteiger partial charge in [0.2, 0.25) is 5.91 Å². The number of hydrogen-bond donors (Lipinski definition) is 3. The van der Waals surface area contributed by atoms with Crippen molar-refractivity contribution in [2.75, 3.05) is 19.8 Å². The Labute approximate surface area is 184 Å². The zero-order chi connectivity index (χ0) is 22.2. The molecule has 0 aromatic carbocycles. The number of hydrogen-bond acceptors (Lipinski definition) is 8. The zero-order valence-corrected chi connectivity index (χ0v) is 19.7. The fourth-order valence-corrected chi connectivity index (χ4v) is 5.73. The third kappa shape index (κ3) is 4.98. The maximum Gasteiger partial charge on any atom is 0.237 e. The molecule has 3 aliphatic heterocycles. The van der Waals surface area contributed by atoms with Crippen molar-refractivity contribution in [2.24, 2.45) is 5.92 Å². The molecule has 0 saturated carbocycles. The van der Waals surface area contributed by atoms with Crippen LogP contribution in [0, 0.1) is 5.92 Å². The van der Waals surface area contributed by atoms with E-state index < -0.39 is 47.8 Å². The van der Waals surface area contributed by atoms with Gasteiger partial charge in [-0.2, -0.15) is 0 Å². The SMILES string of the molecule is CCC[C@@H]1C[C@@H](C(=O)N[C@H]([C@H]2O[C@H](SC)[C@H](O)[C@H]3OC(C)(C)O[C@H]32)[C@@H](C)O)N(C)C1. The molecule has 3 N–H and O–H groups in total. The monoisotopic (exact) mass is 446 g/mol. The Morgan fingerprint density at radius 3 is 2.60 bits per heavy atom. The second-order valence-electron chi connectivity index (χ2n) is 9.38. The van der Waals surface area contributed by atoms with Crippen LogP contribution in [-0.2, 0) is 19.0 Å². The molecule has 0 radical (unpaired) electrons. The molecule has 3 heterocycles. The Bertz CT molecular complexity index is 606. The highest BCUT2D eigenvalue weighted by Gasteiger charge is 2.57. The minimum atomic E-state index is -0.877. The van der Waals surface area contributed by atoms with Crippen LogP contribution in [0.15, 0.2) is 0 Å². The molecule has 8 nitrogen and oxygen atoms in total. The van der Waals surface area contributed by atoms with Gasteiger partial charge in [0, 0.05) is 6.54 Å². The van der Waals surface area contributed by atoms with Crippen LogP contribution in [0.5, 0.6) is 0 Å². The van der Waals surface area contributed by atoms with E-state index in [1.807, 2.05) is 13.3 Å². The highest BCUT2D eigenvalue weighted by atomic mass is 32.2. The van der Waals surface area contributed by atoms with Crippen molar-refractivity contribution in [3.63, 3.8) is 0 Å². The number of nitrogens with one attached hydrogen (secondary N) is 1. The third-order valence-corrected chi connectivity index (χ3v) is 7.30. The lowest BCUT2D eigenvalue weighted by molar-refractivity contribution is -0.177. The number of ether oxygens (including phenoxy) is 3. The second kappa shape index (κ2) is 9.60. The number of aliphatic hydroxyl groups is 2. The fraction of sp³-hybridized carbons (Fsp3) is 0.952. The average Bonchev–Trinajstić information content (AvgIpc) is 3.19. The van der Waals surface area contributed by atoms with Crippen LogP contribution in [-0.4, -0.2) is 94.7 Å². The molecular formula is C21H38N2O6S. The highest BCUT2D eigenvalue weighted by molar-refractivity contribution is 7.99. The zero-order valence-electron chi connectivity index (χ0n) is 18.9. The van der Waals surface area contributed by atoms with Gasteiger partial charge in [0.25, 0.3) is 0 Å². The number of carbonyl (C=O) groups excluding carboxylic acids is 1. The maximum absolute atomic E-state index is 13.2. The fourth-order valence-electron chi connectivity index (χ4n) is 5.05. The molecule has 0 aromatic rings. The number of fused-ring (bicyclic) bond motifs is 1. The number of carbonyl (C=O) groups is 1. The lowest BCUT2D eigenvalue weighted by atomic mass is 9.92. The van der Waals surface area contributed by atoms with Gasteiger partial charge < -0.3 is 29.7 Å². The van der Waals surface area contributed by atoms with E-state index in [1.165, 1.54) is 11.8 Å². The standard InChI is InChI=1S/C21H38N2O6S/c1-7-8-12-9-13(23(5)10-12)19(26)22-14(11(2)24)16-18-17(28-21(3,4)29-18)15(25)20(27-16)30-6/h11-18,20,24-25H,7-10H2,1-6H3,(H,22,26)/t11-,12-,13+,14+,15-,16-,17-,18+,20-/m1/s1. The van der Waals surface area contributed by atoms with E-state index in [-0.39, 0.29) is 11.9 Å². The lowest BCUT2D eigenvalue weighted by Gasteiger charge is -2.43. The van der Waals surface area contributed by atoms with Crippen molar-refractivity contribution in [1.82, 2.24) is 10.2 Å². The molecule has 3 fully saturated rings. The summed E-state index contributed by atoms with van der Waals surface area (Å²) in [7, 11) is 1.97. The maximum atomic E-state index is 13.2. The number of nitrogens with zero attached hydrogens (tertiary/aromatic N) is 1. The van der Waals surface area contributed by atoms with Gasteiger partial charge in [-0.3, -0.25) is 9.69 Å². The molecule has 0 aliphatic carbocycles. The first-order chi connectivity index (χ1) is 14.1. The van der Waals surface area contributed by atoms with E-state index in [0.717, 1.165) is 25.8 Å². The first kappa shape index (κ1) is 24.2.